The quantitative estimate of drug-likeness (QED) is 0.663. The van der Waals surface area contributed by atoms with Crippen LogP contribution in [-0.4, -0.2) is 48.5 Å². The van der Waals surface area contributed by atoms with Gasteiger partial charge in [0, 0.05) is 6.42 Å². The third kappa shape index (κ3) is 5.21. The van der Waals surface area contributed by atoms with Gasteiger partial charge in [-0.25, -0.2) is 9.07 Å². The Hall–Kier alpha value is -2.58. The first-order valence-electron chi connectivity index (χ1n) is 8.25. The van der Waals surface area contributed by atoms with Crippen LogP contribution in [0.5, 0.6) is 0 Å². The van der Waals surface area contributed by atoms with Gasteiger partial charge in [-0.2, -0.15) is 0 Å². The predicted molar refractivity (Wildman–Crippen MR) is 93.3 cm³/mol. The summed E-state index contributed by atoms with van der Waals surface area (Å²) in [6.45, 7) is 3.90. The molecule has 0 aliphatic rings. The van der Waals surface area contributed by atoms with E-state index in [-0.39, 0.29) is 18.2 Å². The highest BCUT2D eigenvalue weighted by Gasteiger charge is 2.17. The van der Waals surface area contributed by atoms with Gasteiger partial charge < -0.3 is 15.3 Å². The highest BCUT2D eigenvalue weighted by Crippen LogP contribution is 2.22. The van der Waals surface area contributed by atoms with Gasteiger partial charge in [0.05, 0.1) is 35.7 Å². The number of hydrogen-bond acceptors (Lipinski definition) is 5. The van der Waals surface area contributed by atoms with Crippen molar-refractivity contribution < 1.29 is 24.5 Å². The minimum atomic E-state index is -1.14. The Morgan fingerprint density at radius 2 is 1.92 bits per heavy atom. The zero-order valence-electron chi connectivity index (χ0n) is 14.6. The number of aromatic nitrogens is 3. The van der Waals surface area contributed by atoms with Crippen LogP contribution < -0.4 is 0 Å². The topological polar surface area (TPSA) is 108 Å². The van der Waals surface area contributed by atoms with Gasteiger partial charge in [-0.3, -0.25) is 4.79 Å². The molecule has 1 heterocycles. The van der Waals surface area contributed by atoms with E-state index in [1.54, 1.807) is 18.2 Å². The van der Waals surface area contributed by atoms with Gasteiger partial charge in [-0.05, 0) is 36.3 Å². The fraction of sp³-hybridized carbons (Fsp3) is 0.389. The molecular weight excluding hydrogens is 341 g/mol. The summed E-state index contributed by atoms with van der Waals surface area (Å²) in [6, 6.07) is 5.77. The number of aliphatic carboxylic acids is 1. The highest BCUT2D eigenvalue weighted by atomic mass is 19.1. The summed E-state index contributed by atoms with van der Waals surface area (Å²) in [5.41, 5.74) is 1.94. The van der Waals surface area contributed by atoms with Crippen molar-refractivity contribution in [3.8, 4) is 5.69 Å². The molecule has 0 radical (unpaired) electrons. The second-order valence-electron chi connectivity index (χ2n) is 6.32. The van der Waals surface area contributed by atoms with Crippen LogP contribution in [0, 0.1) is 5.82 Å². The maximum atomic E-state index is 13.1. The lowest BCUT2D eigenvalue weighted by molar-refractivity contribution is -0.139. The second-order valence-corrected chi connectivity index (χ2v) is 6.32. The Morgan fingerprint density at radius 3 is 2.50 bits per heavy atom. The summed E-state index contributed by atoms with van der Waals surface area (Å²) < 4.78 is 14.7. The first-order valence-corrected chi connectivity index (χ1v) is 8.25. The minimum absolute atomic E-state index is 0.0681. The number of carboxylic acid groups (broad SMARTS) is 1. The van der Waals surface area contributed by atoms with Gasteiger partial charge in [0.1, 0.15) is 5.82 Å². The Balaban J connectivity index is 2.25. The lowest BCUT2D eigenvalue weighted by Gasteiger charge is -2.11. The molecule has 2 atom stereocenters. The number of halogens is 1. The van der Waals surface area contributed by atoms with Crippen LogP contribution in [-0.2, 0) is 4.79 Å². The lowest BCUT2D eigenvalue weighted by atomic mass is 10.1. The van der Waals surface area contributed by atoms with Crippen LogP contribution in [0.1, 0.15) is 44.0 Å². The van der Waals surface area contributed by atoms with Gasteiger partial charge in [0.25, 0.3) is 0 Å². The summed E-state index contributed by atoms with van der Waals surface area (Å²) in [5, 5.41) is 36.5. The molecule has 7 nitrogen and oxygen atoms in total. The largest absolute Gasteiger partial charge is 0.481 e. The molecule has 140 valence electrons. The van der Waals surface area contributed by atoms with Crippen LogP contribution in [0.2, 0.25) is 0 Å². The molecule has 0 bridgehead atoms. The summed E-state index contributed by atoms with van der Waals surface area (Å²) in [6.07, 6.45) is 0.375. The standard InChI is InChI=1S/C18H22FN3O4/c1-11(2)18-16(8-7-14(23)9-15(24)10-17(25)26)22(21-20-18)13-5-3-12(19)4-6-13/h3-8,11,14-15,23-24H,9-10H2,1-2H3,(H,25,26)/b8-7+. The molecule has 8 heteroatoms. The molecule has 0 spiro atoms. The number of aliphatic hydroxyl groups is 2. The van der Waals surface area contributed by atoms with E-state index in [4.69, 9.17) is 5.11 Å². The number of aliphatic hydroxyl groups excluding tert-OH is 2. The molecular formula is C18H22FN3O4. The van der Waals surface area contributed by atoms with Crippen LogP contribution in [0.3, 0.4) is 0 Å². The summed E-state index contributed by atoms with van der Waals surface area (Å²) in [7, 11) is 0. The minimum Gasteiger partial charge on any atom is -0.481 e. The Labute approximate surface area is 150 Å². The monoisotopic (exact) mass is 363 g/mol. The Bertz CT molecular complexity index is 771. The van der Waals surface area contributed by atoms with E-state index in [2.05, 4.69) is 10.3 Å². The molecule has 0 saturated heterocycles. The molecule has 2 rings (SSSR count). The molecule has 1 aromatic carbocycles. The van der Waals surface area contributed by atoms with E-state index < -0.39 is 24.6 Å². The maximum absolute atomic E-state index is 13.1. The molecule has 0 amide bonds. The molecule has 26 heavy (non-hydrogen) atoms. The fourth-order valence-corrected chi connectivity index (χ4v) is 2.49. The molecule has 0 fully saturated rings. The molecule has 2 unspecified atom stereocenters. The molecule has 0 aliphatic carbocycles. The second kappa shape index (κ2) is 8.68. The van der Waals surface area contributed by atoms with E-state index in [1.807, 2.05) is 13.8 Å². The predicted octanol–water partition coefficient (Wildman–Crippen LogP) is 2.13. The van der Waals surface area contributed by atoms with Crippen molar-refractivity contribution in [2.45, 2.75) is 44.8 Å². The molecule has 0 aliphatic heterocycles. The smallest absolute Gasteiger partial charge is 0.305 e. The summed E-state index contributed by atoms with van der Waals surface area (Å²) in [4.78, 5) is 10.6. The Kier molecular flexibility index (Phi) is 6.59. The molecule has 2 aromatic rings. The SMILES string of the molecule is CC(C)c1nnn(-c2ccc(F)cc2)c1/C=C/C(O)CC(O)CC(=O)O. The van der Waals surface area contributed by atoms with E-state index in [9.17, 15) is 19.4 Å². The Morgan fingerprint density at radius 1 is 1.27 bits per heavy atom. The zero-order chi connectivity index (χ0) is 19.3. The van der Waals surface area contributed by atoms with Crippen molar-refractivity contribution in [3.05, 3.63) is 47.5 Å². The van der Waals surface area contributed by atoms with Gasteiger partial charge in [-0.1, -0.05) is 25.1 Å². The van der Waals surface area contributed by atoms with Crippen molar-refractivity contribution in [1.82, 2.24) is 15.0 Å². The van der Waals surface area contributed by atoms with Gasteiger partial charge in [-0.15, -0.1) is 5.10 Å². The molecule has 1 aromatic heterocycles. The van der Waals surface area contributed by atoms with E-state index in [0.717, 1.165) is 0 Å². The first kappa shape index (κ1) is 19.7. The fourth-order valence-electron chi connectivity index (χ4n) is 2.49. The van der Waals surface area contributed by atoms with Crippen molar-refractivity contribution in [1.29, 1.82) is 0 Å². The number of nitrogens with zero attached hydrogens (tertiary/aromatic N) is 3. The summed E-state index contributed by atoms with van der Waals surface area (Å²) in [5.74, 6) is -1.43. The number of rotatable bonds is 8. The number of benzene rings is 1. The summed E-state index contributed by atoms with van der Waals surface area (Å²) >= 11 is 0. The van der Waals surface area contributed by atoms with E-state index >= 15 is 0 Å². The highest BCUT2D eigenvalue weighted by molar-refractivity contribution is 5.67. The first-order chi connectivity index (χ1) is 12.3. The average Bonchev–Trinajstić information content (AvgIpc) is 2.96. The van der Waals surface area contributed by atoms with Crippen LogP contribution in [0.25, 0.3) is 11.8 Å². The van der Waals surface area contributed by atoms with Crippen molar-refractivity contribution in [2.24, 2.45) is 0 Å². The third-order valence-corrected chi connectivity index (χ3v) is 3.75. The number of carboxylic acids is 1. The van der Waals surface area contributed by atoms with E-state index in [1.165, 1.54) is 22.9 Å². The zero-order valence-corrected chi connectivity index (χ0v) is 14.6. The number of hydrogen-bond donors (Lipinski definition) is 3. The van der Waals surface area contributed by atoms with Crippen LogP contribution >= 0.6 is 0 Å². The lowest BCUT2D eigenvalue weighted by Crippen LogP contribution is -2.19. The maximum Gasteiger partial charge on any atom is 0.305 e. The molecule has 3 N–H and O–H groups in total. The van der Waals surface area contributed by atoms with Gasteiger partial charge in [0.15, 0.2) is 0 Å². The van der Waals surface area contributed by atoms with Crippen molar-refractivity contribution >= 4 is 12.0 Å². The van der Waals surface area contributed by atoms with Crippen LogP contribution in [0.15, 0.2) is 30.3 Å². The average molecular weight is 363 g/mol. The molecule has 0 saturated carbocycles. The van der Waals surface area contributed by atoms with E-state index in [0.29, 0.717) is 17.1 Å². The van der Waals surface area contributed by atoms with Crippen molar-refractivity contribution in [3.63, 3.8) is 0 Å². The number of carbonyl (C=O) groups is 1. The third-order valence-electron chi connectivity index (χ3n) is 3.75. The van der Waals surface area contributed by atoms with Gasteiger partial charge >= 0.3 is 5.97 Å². The normalized spacial score (nSPS) is 14.1. The van der Waals surface area contributed by atoms with Crippen molar-refractivity contribution in [2.75, 3.05) is 0 Å². The van der Waals surface area contributed by atoms with Crippen LogP contribution in [0.4, 0.5) is 4.39 Å². The van der Waals surface area contributed by atoms with Gasteiger partial charge in [0.2, 0.25) is 0 Å².